The number of nitrogens with zero attached hydrogens (tertiary/aromatic N) is 1. The van der Waals surface area contributed by atoms with Gasteiger partial charge in [-0.05, 0) is 18.1 Å². The zero-order valence-electron chi connectivity index (χ0n) is 16.2. The van der Waals surface area contributed by atoms with Gasteiger partial charge in [-0.1, -0.05) is 60.7 Å². The summed E-state index contributed by atoms with van der Waals surface area (Å²) in [5, 5.41) is 23.7. The second-order valence-corrected chi connectivity index (χ2v) is 7.54. The maximum Gasteiger partial charge on any atom is 0.312 e. The van der Waals surface area contributed by atoms with Gasteiger partial charge in [0, 0.05) is 4.92 Å². The van der Waals surface area contributed by atoms with Crippen molar-refractivity contribution in [3.63, 3.8) is 0 Å². The normalized spacial score (nSPS) is 31.6. The van der Waals surface area contributed by atoms with Crippen LogP contribution in [0.2, 0.25) is 0 Å². The van der Waals surface area contributed by atoms with Crippen LogP contribution in [-0.4, -0.2) is 41.0 Å². The van der Waals surface area contributed by atoms with E-state index in [-0.39, 0.29) is 0 Å². The van der Waals surface area contributed by atoms with Gasteiger partial charge < -0.3 is 14.6 Å². The molecule has 0 spiro atoms. The predicted molar refractivity (Wildman–Crippen MR) is 105 cm³/mol. The summed E-state index contributed by atoms with van der Waals surface area (Å²) < 4.78 is 4.90. The third kappa shape index (κ3) is 3.53. The lowest BCUT2D eigenvalue weighted by atomic mass is 9.55. The number of hydrogen-bond acceptors (Lipinski definition) is 6. The minimum atomic E-state index is -1.84. The van der Waals surface area contributed by atoms with Gasteiger partial charge in [0.1, 0.15) is 6.29 Å². The number of nitro groups is 1. The van der Waals surface area contributed by atoms with Crippen LogP contribution in [0.4, 0.5) is 0 Å². The Morgan fingerprint density at radius 3 is 1.97 bits per heavy atom. The van der Waals surface area contributed by atoms with Crippen LogP contribution in [0.15, 0.2) is 60.7 Å². The van der Waals surface area contributed by atoms with Crippen LogP contribution in [0.1, 0.15) is 29.9 Å². The molecule has 2 aromatic rings. The lowest BCUT2D eigenvalue weighted by Gasteiger charge is -2.49. The fraction of sp³-hybridized carbons (Fsp3) is 0.364. The average Bonchev–Trinajstić information content (AvgIpc) is 2.72. The summed E-state index contributed by atoms with van der Waals surface area (Å²) in [5.74, 6) is -5.11. The van der Waals surface area contributed by atoms with E-state index in [1.807, 2.05) is 0 Å². The van der Waals surface area contributed by atoms with Crippen LogP contribution in [0.25, 0.3) is 0 Å². The highest BCUT2D eigenvalue weighted by molar-refractivity contribution is 5.77. The molecule has 6 atom stereocenters. The van der Waals surface area contributed by atoms with Gasteiger partial charge in [0.25, 0.3) is 0 Å². The Kier molecular flexibility index (Phi) is 5.79. The number of hydrogen-bond donors (Lipinski definition) is 1. The highest BCUT2D eigenvalue weighted by atomic mass is 16.6. The van der Waals surface area contributed by atoms with E-state index in [9.17, 15) is 24.8 Å². The molecule has 1 fully saturated rings. The van der Waals surface area contributed by atoms with Gasteiger partial charge in [-0.2, -0.15) is 0 Å². The fourth-order valence-electron chi connectivity index (χ4n) is 4.71. The monoisotopic (exact) mass is 397 g/mol. The molecule has 2 aromatic carbocycles. The Bertz CT molecular complexity index is 883. The predicted octanol–water partition coefficient (Wildman–Crippen LogP) is 2.57. The van der Waals surface area contributed by atoms with Crippen molar-refractivity contribution in [1.29, 1.82) is 0 Å². The highest BCUT2D eigenvalue weighted by Gasteiger charge is 2.64. The fourth-order valence-corrected chi connectivity index (χ4v) is 4.71. The van der Waals surface area contributed by atoms with Gasteiger partial charge in [-0.25, -0.2) is 0 Å². The molecule has 0 unspecified atom stereocenters. The first kappa shape index (κ1) is 20.7. The molecular weight excluding hydrogens is 374 g/mol. The van der Waals surface area contributed by atoms with Crippen LogP contribution in [0.5, 0.6) is 0 Å². The molecule has 0 heterocycles. The Labute approximate surface area is 168 Å². The number of aldehydes is 1. The van der Waals surface area contributed by atoms with Crippen molar-refractivity contribution in [3.8, 4) is 0 Å². The first-order chi connectivity index (χ1) is 13.8. The number of aliphatic hydroxyl groups is 1. The number of ether oxygens (including phenoxy) is 1. The maximum atomic E-state index is 12.7. The summed E-state index contributed by atoms with van der Waals surface area (Å²) in [6.07, 6.45) is 0.519. The zero-order chi connectivity index (χ0) is 21.2. The van der Waals surface area contributed by atoms with Gasteiger partial charge in [0.15, 0.2) is 0 Å². The number of benzene rings is 2. The van der Waals surface area contributed by atoms with E-state index in [1.54, 1.807) is 60.7 Å². The Hall–Kier alpha value is -3.06. The molecule has 3 rings (SSSR count). The van der Waals surface area contributed by atoms with E-state index in [2.05, 4.69) is 0 Å². The number of rotatable bonds is 5. The molecular formula is C22H23NO6. The molecule has 1 saturated carbocycles. The third-order valence-electron chi connectivity index (χ3n) is 6.00. The summed E-state index contributed by atoms with van der Waals surface area (Å²) in [6.45, 7) is 1.38. The Morgan fingerprint density at radius 1 is 1.07 bits per heavy atom. The molecule has 0 radical (unpaired) electrons. The van der Waals surface area contributed by atoms with E-state index >= 15 is 0 Å². The summed E-state index contributed by atoms with van der Waals surface area (Å²) >= 11 is 0. The summed E-state index contributed by atoms with van der Waals surface area (Å²) in [7, 11) is 1.17. The number of methoxy groups -OCH3 is 1. The zero-order valence-corrected chi connectivity index (χ0v) is 16.2. The highest BCUT2D eigenvalue weighted by Crippen LogP contribution is 2.53. The van der Waals surface area contributed by atoms with E-state index in [0.29, 0.717) is 17.4 Å². The van der Waals surface area contributed by atoms with Crippen molar-refractivity contribution < 1.29 is 24.4 Å². The number of carbonyl (C=O) groups is 2. The molecule has 1 aliphatic rings. The quantitative estimate of drug-likeness (QED) is 0.360. The van der Waals surface area contributed by atoms with Gasteiger partial charge >= 0.3 is 5.97 Å². The topological polar surface area (TPSA) is 107 Å². The van der Waals surface area contributed by atoms with Crippen molar-refractivity contribution in [3.05, 3.63) is 81.9 Å². The largest absolute Gasteiger partial charge is 0.469 e. The lowest BCUT2D eigenvalue weighted by molar-refractivity contribution is -0.539. The van der Waals surface area contributed by atoms with Crippen LogP contribution in [0, 0.1) is 22.0 Å². The molecule has 7 heteroatoms. The third-order valence-corrected chi connectivity index (χ3v) is 6.00. The second kappa shape index (κ2) is 8.13. The summed E-state index contributed by atoms with van der Waals surface area (Å²) in [6, 6.07) is 15.9. The van der Waals surface area contributed by atoms with Crippen LogP contribution in [-0.2, 0) is 14.3 Å². The average molecular weight is 397 g/mol. The second-order valence-electron chi connectivity index (χ2n) is 7.54. The number of esters is 1. The molecule has 0 aromatic heterocycles. The first-order valence-corrected chi connectivity index (χ1v) is 9.33. The standard InChI is InChI=1S/C22H23NO6/c1-22(26)16(13-24)17(14-9-5-3-6-10-14)20(23(27)28)18(19(22)21(25)29-2)15-11-7-4-8-12-15/h3-13,16-20,26H,1-2H3/t16-,17-,18+,19-,20-,22-/m1/s1. The minimum Gasteiger partial charge on any atom is -0.469 e. The first-order valence-electron chi connectivity index (χ1n) is 9.33. The molecule has 0 saturated heterocycles. The van der Waals surface area contributed by atoms with E-state index < -0.39 is 46.2 Å². The van der Waals surface area contributed by atoms with Gasteiger partial charge in [-0.3, -0.25) is 14.9 Å². The molecule has 7 nitrogen and oxygen atoms in total. The van der Waals surface area contributed by atoms with Crippen LogP contribution < -0.4 is 0 Å². The SMILES string of the molecule is COC(=O)[C@H]1[C@H](c2ccccc2)[C@H]([N+](=O)[O-])[C@H](c2ccccc2)[C@@H](C=O)[C@@]1(C)O. The molecule has 1 N–H and O–H groups in total. The van der Waals surface area contributed by atoms with Crippen LogP contribution in [0.3, 0.4) is 0 Å². The molecule has 152 valence electrons. The van der Waals surface area contributed by atoms with Crippen molar-refractivity contribution in [2.45, 2.75) is 30.4 Å². The van der Waals surface area contributed by atoms with E-state index in [0.717, 1.165) is 0 Å². The van der Waals surface area contributed by atoms with Gasteiger partial charge in [-0.15, -0.1) is 0 Å². The number of carbonyl (C=O) groups excluding carboxylic acids is 2. The Morgan fingerprint density at radius 2 is 1.55 bits per heavy atom. The molecule has 0 bridgehead atoms. The van der Waals surface area contributed by atoms with Crippen LogP contribution >= 0.6 is 0 Å². The maximum absolute atomic E-state index is 12.7. The lowest BCUT2D eigenvalue weighted by Crippen LogP contribution is -2.61. The molecule has 1 aliphatic carbocycles. The Balaban J connectivity index is 2.30. The molecule has 29 heavy (non-hydrogen) atoms. The molecule has 0 aliphatic heterocycles. The van der Waals surface area contributed by atoms with E-state index in [1.165, 1.54) is 14.0 Å². The van der Waals surface area contributed by atoms with Gasteiger partial charge in [0.05, 0.1) is 36.4 Å². The summed E-state index contributed by atoms with van der Waals surface area (Å²) in [4.78, 5) is 36.7. The molecule has 0 amide bonds. The summed E-state index contributed by atoms with van der Waals surface area (Å²) in [5.41, 5.74) is -0.742. The van der Waals surface area contributed by atoms with Crippen molar-refractivity contribution >= 4 is 12.3 Å². The van der Waals surface area contributed by atoms with Gasteiger partial charge in [0.2, 0.25) is 6.04 Å². The van der Waals surface area contributed by atoms with Crippen molar-refractivity contribution in [2.75, 3.05) is 7.11 Å². The van der Waals surface area contributed by atoms with Crippen molar-refractivity contribution in [2.24, 2.45) is 11.8 Å². The minimum absolute atomic E-state index is 0.447. The van der Waals surface area contributed by atoms with E-state index in [4.69, 9.17) is 4.74 Å². The van der Waals surface area contributed by atoms with Crippen molar-refractivity contribution in [1.82, 2.24) is 0 Å². The smallest absolute Gasteiger partial charge is 0.312 e.